The van der Waals surface area contributed by atoms with Crippen LogP contribution in [0.15, 0.2) is 36.3 Å². The second kappa shape index (κ2) is 7.27. The molecular formula is C20H24BNO4. The van der Waals surface area contributed by atoms with Crippen LogP contribution in [-0.4, -0.2) is 43.1 Å². The Hall–Kier alpha value is -2.08. The van der Waals surface area contributed by atoms with Gasteiger partial charge in [-0.3, -0.25) is 14.5 Å². The lowest BCUT2D eigenvalue weighted by Crippen LogP contribution is -2.56. The summed E-state index contributed by atoms with van der Waals surface area (Å²) in [7, 11) is -0.963. The molecule has 0 amide bonds. The Labute approximate surface area is 154 Å². The average molecular weight is 353 g/mol. The molecule has 0 N–H and O–H groups in total. The van der Waals surface area contributed by atoms with E-state index in [0.29, 0.717) is 5.92 Å². The van der Waals surface area contributed by atoms with Crippen molar-refractivity contribution in [1.82, 2.24) is 4.90 Å². The lowest BCUT2D eigenvalue weighted by molar-refractivity contribution is -0.149. The molecule has 0 unspecified atom stereocenters. The van der Waals surface area contributed by atoms with E-state index >= 15 is 0 Å². The molecule has 6 heteroatoms. The SMILES string of the molecule is C[C@@H]1C2CC(C2)C[C@H]1N1CC(=O)OB(/C=C/c2ccccc2)OC(=O)C1. The minimum absolute atomic E-state index is 0.152. The zero-order valence-electron chi connectivity index (χ0n) is 15.0. The molecule has 3 saturated carbocycles. The van der Waals surface area contributed by atoms with E-state index < -0.39 is 7.12 Å². The van der Waals surface area contributed by atoms with Crippen molar-refractivity contribution in [3.05, 3.63) is 41.9 Å². The summed E-state index contributed by atoms with van der Waals surface area (Å²) in [5.74, 6) is 2.92. The molecule has 2 bridgehead atoms. The third-order valence-corrected chi connectivity index (χ3v) is 6.07. The standard InChI is InChI=1S/C20H24BNO4/c1-14-17-9-16(10-17)11-18(14)22-12-19(23)25-21(26-20(24)13-22)8-7-15-5-3-2-4-6-15/h2-8,14,16-18H,9-13H2,1H3/b8-7+/t14-,16?,17?,18-/m1/s1. The van der Waals surface area contributed by atoms with Gasteiger partial charge in [-0.1, -0.05) is 43.3 Å². The topological polar surface area (TPSA) is 55.8 Å². The first kappa shape index (κ1) is 17.3. The van der Waals surface area contributed by atoms with Crippen molar-refractivity contribution in [2.24, 2.45) is 17.8 Å². The summed E-state index contributed by atoms with van der Waals surface area (Å²) in [5.41, 5.74) is 0.957. The largest absolute Gasteiger partial charge is 0.628 e. The van der Waals surface area contributed by atoms with Gasteiger partial charge in [0.25, 0.3) is 0 Å². The fraction of sp³-hybridized carbons (Fsp3) is 0.500. The highest BCUT2D eigenvalue weighted by atomic mass is 16.6. The number of carbonyl (C=O) groups is 2. The van der Waals surface area contributed by atoms with Crippen LogP contribution < -0.4 is 0 Å². The van der Waals surface area contributed by atoms with E-state index in [4.69, 9.17) is 9.31 Å². The number of fused-ring (bicyclic) bond motifs is 2. The number of carbonyl (C=O) groups excluding carboxylic acids is 2. The molecule has 3 aliphatic carbocycles. The van der Waals surface area contributed by atoms with Crippen molar-refractivity contribution in [1.29, 1.82) is 0 Å². The molecule has 5 nitrogen and oxygen atoms in total. The van der Waals surface area contributed by atoms with E-state index in [1.54, 1.807) is 12.1 Å². The molecule has 26 heavy (non-hydrogen) atoms. The van der Waals surface area contributed by atoms with Gasteiger partial charge in [0, 0.05) is 6.04 Å². The number of nitrogens with zero attached hydrogens (tertiary/aromatic N) is 1. The quantitative estimate of drug-likeness (QED) is 0.782. The van der Waals surface area contributed by atoms with Gasteiger partial charge in [-0.2, -0.15) is 0 Å². The Balaban J connectivity index is 1.41. The fourth-order valence-electron chi connectivity index (χ4n) is 4.57. The van der Waals surface area contributed by atoms with Crippen LogP contribution in [0.5, 0.6) is 0 Å². The molecule has 5 rings (SSSR count). The molecule has 0 aromatic heterocycles. The lowest BCUT2D eigenvalue weighted by atomic mass is 9.58. The maximum Gasteiger partial charge on any atom is 0.628 e. The molecule has 0 spiro atoms. The molecule has 4 fully saturated rings. The normalized spacial score (nSPS) is 32.4. The van der Waals surface area contributed by atoms with Crippen LogP contribution in [0.2, 0.25) is 0 Å². The highest BCUT2D eigenvalue weighted by molar-refractivity contribution is 6.55. The van der Waals surface area contributed by atoms with Crippen molar-refractivity contribution in [3.63, 3.8) is 0 Å². The lowest BCUT2D eigenvalue weighted by Gasteiger charge is -2.53. The van der Waals surface area contributed by atoms with Crippen LogP contribution in [0.4, 0.5) is 0 Å². The molecular weight excluding hydrogens is 329 g/mol. The Morgan fingerprint density at radius 1 is 1.04 bits per heavy atom. The van der Waals surface area contributed by atoms with E-state index in [1.807, 2.05) is 35.2 Å². The summed E-state index contributed by atoms with van der Waals surface area (Å²) < 4.78 is 10.7. The van der Waals surface area contributed by atoms with Gasteiger partial charge in [-0.25, -0.2) is 0 Å². The fourth-order valence-corrected chi connectivity index (χ4v) is 4.57. The van der Waals surface area contributed by atoms with E-state index in [2.05, 4.69) is 6.92 Å². The van der Waals surface area contributed by atoms with Crippen molar-refractivity contribution in [3.8, 4) is 0 Å². The highest BCUT2D eigenvalue weighted by Crippen LogP contribution is 2.50. The first-order valence-electron chi connectivity index (χ1n) is 9.45. The zero-order valence-corrected chi connectivity index (χ0v) is 15.0. The van der Waals surface area contributed by atoms with Crippen molar-refractivity contribution >= 4 is 25.1 Å². The Morgan fingerprint density at radius 2 is 1.69 bits per heavy atom. The molecule has 136 valence electrons. The van der Waals surface area contributed by atoms with E-state index in [1.165, 1.54) is 12.8 Å². The number of hydrogen-bond donors (Lipinski definition) is 0. The summed E-state index contributed by atoms with van der Waals surface area (Å²) in [6.45, 7) is 2.55. The Kier molecular flexibility index (Phi) is 4.85. The molecule has 4 aliphatic rings. The molecule has 2 atom stereocenters. The minimum Gasteiger partial charge on any atom is -0.495 e. The first-order chi connectivity index (χ1) is 12.6. The summed E-state index contributed by atoms with van der Waals surface area (Å²) >= 11 is 0. The number of rotatable bonds is 3. The van der Waals surface area contributed by atoms with Gasteiger partial charge in [-0.15, -0.1) is 0 Å². The van der Waals surface area contributed by atoms with Gasteiger partial charge in [0.1, 0.15) is 0 Å². The number of hydrogen-bond acceptors (Lipinski definition) is 5. The molecule has 1 heterocycles. The van der Waals surface area contributed by atoms with Gasteiger partial charge in [0.05, 0.1) is 13.1 Å². The second-order valence-electron chi connectivity index (χ2n) is 7.78. The smallest absolute Gasteiger partial charge is 0.495 e. The van der Waals surface area contributed by atoms with Crippen LogP contribution in [-0.2, 0) is 18.9 Å². The predicted molar refractivity (Wildman–Crippen MR) is 98.8 cm³/mol. The summed E-state index contributed by atoms with van der Waals surface area (Å²) in [4.78, 5) is 26.6. The van der Waals surface area contributed by atoms with Crippen molar-refractivity contribution in [2.45, 2.75) is 32.2 Å². The van der Waals surface area contributed by atoms with Gasteiger partial charge in [0.2, 0.25) is 0 Å². The molecule has 0 radical (unpaired) electrons. The summed E-state index contributed by atoms with van der Waals surface area (Å²) in [6, 6.07) is 9.90. The molecule has 1 saturated heterocycles. The minimum atomic E-state index is -0.963. The van der Waals surface area contributed by atoms with Crippen molar-refractivity contribution < 1.29 is 18.9 Å². The monoisotopic (exact) mass is 353 g/mol. The van der Waals surface area contributed by atoms with Crippen molar-refractivity contribution in [2.75, 3.05) is 13.1 Å². The van der Waals surface area contributed by atoms with E-state index in [9.17, 15) is 9.59 Å². The third-order valence-electron chi connectivity index (χ3n) is 6.07. The van der Waals surface area contributed by atoms with Crippen LogP contribution in [0, 0.1) is 17.8 Å². The molecule has 1 aromatic rings. The Bertz CT molecular complexity index is 681. The van der Waals surface area contributed by atoms with Crippen LogP contribution in [0.3, 0.4) is 0 Å². The molecule has 1 aliphatic heterocycles. The van der Waals surface area contributed by atoms with Gasteiger partial charge in [-0.05, 0) is 48.6 Å². The third kappa shape index (κ3) is 3.70. The predicted octanol–water partition coefficient (Wildman–Crippen LogP) is 2.56. The van der Waals surface area contributed by atoms with E-state index in [-0.39, 0.29) is 31.1 Å². The highest BCUT2D eigenvalue weighted by Gasteiger charge is 2.46. The Morgan fingerprint density at radius 3 is 2.31 bits per heavy atom. The average Bonchev–Trinajstić information content (AvgIpc) is 2.57. The van der Waals surface area contributed by atoms with Crippen LogP contribution in [0.1, 0.15) is 31.7 Å². The van der Waals surface area contributed by atoms with Crippen LogP contribution in [0.25, 0.3) is 6.08 Å². The zero-order chi connectivity index (χ0) is 18.1. The summed E-state index contributed by atoms with van der Waals surface area (Å²) in [6.07, 6.45) is 5.45. The second-order valence-corrected chi connectivity index (χ2v) is 7.78. The molecule has 1 aromatic carbocycles. The van der Waals surface area contributed by atoms with E-state index in [0.717, 1.165) is 23.8 Å². The van der Waals surface area contributed by atoms with Gasteiger partial charge in [0.15, 0.2) is 0 Å². The maximum atomic E-state index is 12.3. The first-order valence-corrected chi connectivity index (χ1v) is 9.45. The van der Waals surface area contributed by atoms with Crippen LogP contribution >= 0.6 is 0 Å². The maximum absolute atomic E-state index is 12.3. The summed E-state index contributed by atoms with van der Waals surface area (Å²) in [5, 5.41) is 0. The van der Waals surface area contributed by atoms with Gasteiger partial charge >= 0.3 is 19.1 Å². The van der Waals surface area contributed by atoms with Gasteiger partial charge < -0.3 is 9.31 Å². The number of benzene rings is 1.